The Balaban J connectivity index is 1.68. The third kappa shape index (κ3) is 6.31. The fourth-order valence-electron chi connectivity index (χ4n) is 2.12. The molecule has 0 bridgehead atoms. The zero-order chi connectivity index (χ0) is 18.1. The molecule has 0 radical (unpaired) electrons. The number of benzene rings is 2. The summed E-state index contributed by atoms with van der Waals surface area (Å²) in [5, 5.41) is 2.82. The highest BCUT2D eigenvalue weighted by Gasteiger charge is 2.14. The lowest BCUT2D eigenvalue weighted by molar-refractivity contribution is -0.127. The van der Waals surface area contributed by atoms with E-state index in [2.05, 4.69) is 5.32 Å². The van der Waals surface area contributed by atoms with Crippen molar-refractivity contribution in [2.45, 2.75) is 18.8 Å². The lowest BCUT2D eigenvalue weighted by Gasteiger charge is -2.15. The summed E-state index contributed by atoms with van der Waals surface area (Å²) in [7, 11) is 1.58. The maximum atomic E-state index is 13.5. The summed E-state index contributed by atoms with van der Waals surface area (Å²) in [5.41, 5.74) is 0.675. The summed E-state index contributed by atoms with van der Waals surface area (Å²) in [6.07, 6.45) is -0.608. The van der Waals surface area contributed by atoms with Crippen LogP contribution in [0.5, 0.6) is 11.5 Å². The number of methoxy groups -OCH3 is 1. The number of nitrogens with one attached hydrogen (secondary N) is 1. The third-order valence-electron chi connectivity index (χ3n) is 3.48. The monoisotopic (exact) mass is 363 g/mol. The van der Waals surface area contributed by atoms with Crippen molar-refractivity contribution in [2.75, 3.05) is 19.4 Å². The van der Waals surface area contributed by atoms with Crippen molar-refractivity contribution in [3.63, 3.8) is 0 Å². The number of carbonyl (C=O) groups excluding carboxylic acids is 1. The van der Waals surface area contributed by atoms with E-state index in [4.69, 9.17) is 9.47 Å². The molecule has 6 heteroatoms. The van der Waals surface area contributed by atoms with Crippen LogP contribution in [0.3, 0.4) is 0 Å². The van der Waals surface area contributed by atoms with Crippen molar-refractivity contribution in [1.82, 2.24) is 5.32 Å². The molecule has 2 rings (SSSR count). The topological polar surface area (TPSA) is 47.6 Å². The number of carbonyl (C=O) groups is 1. The average molecular weight is 363 g/mol. The van der Waals surface area contributed by atoms with E-state index in [0.29, 0.717) is 35.1 Å². The van der Waals surface area contributed by atoms with Crippen LogP contribution in [0.4, 0.5) is 4.39 Å². The van der Waals surface area contributed by atoms with Gasteiger partial charge in [-0.05, 0) is 30.7 Å². The molecular weight excluding hydrogens is 341 g/mol. The number of halogens is 1. The highest BCUT2D eigenvalue weighted by atomic mass is 32.2. The van der Waals surface area contributed by atoms with Gasteiger partial charge in [0, 0.05) is 24.1 Å². The first-order valence-electron chi connectivity index (χ1n) is 7.99. The highest BCUT2D eigenvalue weighted by Crippen LogP contribution is 2.20. The molecule has 2 aromatic rings. The molecule has 0 aliphatic heterocycles. The highest BCUT2D eigenvalue weighted by molar-refractivity contribution is 7.98. The van der Waals surface area contributed by atoms with Crippen LogP contribution in [-0.4, -0.2) is 31.4 Å². The van der Waals surface area contributed by atoms with Crippen molar-refractivity contribution < 1.29 is 18.7 Å². The van der Waals surface area contributed by atoms with Gasteiger partial charge >= 0.3 is 0 Å². The zero-order valence-electron chi connectivity index (χ0n) is 14.3. The van der Waals surface area contributed by atoms with E-state index in [1.165, 1.54) is 6.07 Å². The molecule has 134 valence electrons. The summed E-state index contributed by atoms with van der Waals surface area (Å²) in [6.45, 7) is 2.20. The van der Waals surface area contributed by atoms with Crippen LogP contribution < -0.4 is 14.8 Å². The van der Waals surface area contributed by atoms with Crippen LogP contribution in [0.25, 0.3) is 0 Å². The predicted molar refractivity (Wildman–Crippen MR) is 98.7 cm³/mol. The van der Waals surface area contributed by atoms with Gasteiger partial charge < -0.3 is 14.8 Å². The normalized spacial score (nSPS) is 11.6. The molecule has 4 nitrogen and oxygen atoms in total. The van der Waals surface area contributed by atoms with Gasteiger partial charge in [0.1, 0.15) is 17.3 Å². The molecule has 0 saturated carbocycles. The Kier molecular flexibility index (Phi) is 7.60. The number of hydrogen-bond acceptors (Lipinski definition) is 4. The van der Waals surface area contributed by atoms with Gasteiger partial charge in [0.05, 0.1) is 7.11 Å². The minimum Gasteiger partial charge on any atom is -0.497 e. The molecule has 0 fully saturated rings. The standard InChI is InChI=1S/C19H22FNO3S/c1-14(24-17-8-5-7-16(12-17)23-2)19(22)21-10-11-25-13-15-6-3-4-9-18(15)20/h3-9,12,14H,10-11,13H2,1-2H3,(H,21,22)/t14-/m0/s1. The quantitative estimate of drug-likeness (QED) is 0.691. The first kappa shape index (κ1) is 19.1. The van der Waals surface area contributed by atoms with Crippen LogP contribution in [0, 0.1) is 5.82 Å². The Morgan fingerprint density at radius 1 is 1.20 bits per heavy atom. The fourth-order valence-corrected chi connectivity index (χ4v) is 2.96. The van der Waals surface area contributed by atoms with Crippen molar-refractivity contribution >= 4 is 17.7 Å². The Hall–Kier alpha value is -2.21. The van der Waals surface area contributed by atoms with Gasteiger partial charge in [-0.3, -0.25) is 4.79 Å². The number of ether oxygens (including phenoxy) is 2. The summed E-state index contributed by atoms with van der Waals surface area (Å²) in [6, 6.07) is 13.8. The molecule has 0 heterocycles. The maximum Gasteiger partial charge on any atom is 0.260 e. The zero-order valence-corrected chi connectivity index (χ0v) is 15.1. The van der Waals surface area contributed by atoms with Gasteiger partial charge in [0.15, 0.2) is 6.10 Å². The summed E-state index contributed by atoms with van der Waals surface area (Å²) in [5.74, 6) is 2.16. The van der Waals surface area contributed by atoms with Crippen molar-refractivity contribution in [3.05, 3.63) is 59.9 Å². The van der Waals surface area contributed by atoms with Crippen LogP contribution in [0.15, 0.2) is 48.5 Å². The molecule has 0 saturated heterocycles. The molecule has 0 aliphatic rings. The average Bonchev–Trinajstić information content (AvgIpc) is 2.62. The number of rotatable bonds is 9. The molecular formula is C19H22FNO3S. The smallest absolute Gasteiger partial charge is 0.260 e. The first-order chi connectivity index (χ1) is 12.1. The van der Waals surface area contributed by atoms with Crippen molar-refractivity contribution in [3.8, 4) is 11.5 Å². The third-order valence-corrected chi connectivity index (χ3v) is 4.49. The molecule has 1 N–H and O–H groups in total. The largest absolute Gasteiger partial charge is 0.497 e. The molecule has 1 amide bonds. The van der Waals surface area contributed by atoms with E-state index in [0.717, 1.165) is 0 Å². The molecule has 0 spiro atoms. The van der Waals surface area contributed by atoms with Crippen molar-refractivity contribution in [2.24, 2.45) is 0 Å². The minimum absolute atomic E-state index is 0.186. The van der Waals surface area contributed by atoms with Gasteiger partial charge in [-0.25, -0.2) is 4.39 Å². The van der Waals surface area contributed by atoms with Crippen LogP contribution in [0.2, 0.25) is 0 Å². The molecule has 2 aromatic carbocycles. The number of hydrogen-bond donors (Lipinski definition) is 1. The van der Waals surface area contributed by atoms with Crippen LogP contribution in [-0.2, 0) is 10.5 Å². The Morgan fingerprint density at radius 3 is 2.72 bits per heavy atom. The second-order valence-electron chi connectivity index (χ2n) is 5.37. The molecule has 1 atom stereocenters. The van der Waals surface area contributed by atoms with Gasteiger partial charge in [0.25, 0.3) is 5.91 Å². The molecule has 0 unspecified atom stereocenters. The SMILES string of the molecule is COc1cccc(O[C@@H](C)C(=O)NCCSCc2ccccc2F)c1. The van der Waals surface area contributed by atoms with Crippen molar-refractivity contribution in [1.29, 1.82) is 0 Å². The van der Waals surface area contributed by atoms with Crippen LogP contribution in [0.1, 0.15) is 12.5 Å². The maximum absolute atomic E-state index is 13.5. The van der Waals surface area contributed by atoms with E-state index >= 15 is 0 Å². The second-order valence-corrected chi connectivity index (χ2v) is 6.48. The van der Waals surface area contributed by atoms with Crippen LogP contribution >= 0.6 is 11.8 Å². The number of amides is 1. The lowest BCUT2D eigenvalue weighted by atomic mass is 10.2. The van der Waals surface area contributed by atoms with E-state index in [9.17, 15) is 9.18 Å². The molecule has 0 aromatic heterocycles. The summed E-state index contributed by atoms with van der Waals surface area (Å²) >= 11 is 1.57. The van der Waals surface area contributed by atoms with Gasteiger partial charge in [-0.2, -0.15) is 11.8 Å². The summed E-state index contributed by atoms with van der Waals surface area (Å²) in [4.78, 5) is 12.1. The van der Waals surface area contributed by atoms with Gasteiger partial charge in [-0.1, -0.05) is 24.3 Å². The summed E-state index contributed by atoms with van der Waals surface area (Å²) < 4.78 is 24.2. The fraction of sp³-hybridized carbons (Fsp3) is 0.316. The van der Waals surface area contributed by atoms with E-state index in [1.54, 1.807) is 56.1 Å². The van der Waals surface area contributed by atoms with Gasteiger partial charge in [0.2, 0.25) is 0 Å². The predicted octanol–water partition coefficient (Wildman–Crippen LogP) is 3.65. The number of thioether (sulfide) groups is 1. The molecule has 0 aliphatic carbocycles. The second kappa shape index (κ2) is 9.93. The first-order valence-corrected chi connectivity index (χ1v) is 9.15. The van der Waals surface area contributed by atoms with Gasteiger partial charge in [-0.15, -0.1) is 0 Å². The van der Waals surface area contributed by atoms with E-state index in [1.807, 2.05) is 12.1 Å². The van der Waals surface area contributed by atoms with E-state index in [-0.39, 0.29) is 11.7 Å². The van der Waals surface area contributed by atoms with E-state index < -0.39 is 6.10 Å². The lowest BCUT2D eigenvalue weighted by Crippen LogP contribution is -2.37. The molecule has 25 heavy (non-hydrogen) atoms. The Bertz CT molecular complexity index is 696. The minimum atomic E-state index is -0.608. The Morgan fingerprint density at radius 2 is 1.96 bits per heavy atom. The Labute approximate surface area is 151 Å².